The van der Waals surface area contributed by atoms with Gasteiger partial charge in [0.2, 0.25) is 0 Å². The van der Waals surface area contributed by atoms with Crippen molar-refractivity contribution in [1.82, 2.24) is 20.4 Å². The van der Waals surface area contributed by atoms with Crippen molar-refractivity contribution in [2.24, 2.45) is 4.99 Å². The zero-order chi connectivity index (χ0) is 16.9. The van der Waals surface area contributed by atoms with Crippen LogP contribution in [-0.4, -0.2) is 48.9 Å². The summed E-state index contributed by atoms with van der Waals surface area (Å²) < 4.78 is 10.8. The summed E-state index contributed by atoms with van der Waals surface area (Å²) in [5.41, 5.74) is 3.57. The van der Waals surface area contributed by atoms with Crippen LogP contribution >= 0.6 is 24.0 Å². The van der Waals surface area contributed by atoms with Crippen molar-refractivity contribution in [3.63, 3.8) is 0 Å². The van der Waals surface area contributed by atoms with Crippen molar-refractivity contribution in [3.05, 3.63) is 41.2 Å². The van der Waals surface area contributed by atoms with Gasteiger partial charge in [0.25, 0.3) is 0 Å². The SMILES string of the molecule is CN=C(NCc1ccn[nH]1)N1CCc2cc(OC)c(OC)cc2C1.I. The first-order valence-electron chi connectivity index (χ1n) is 7.92. The van der Waals surface area contributed by atoms with Crippen molar-refractivity contribution in [1.29, 1.82) is 0 Å². The van der Waals surface area contributed by atoms with Gasteiger partial charge in [-0.25, -0.2) is 0 Å². The minimum absolute atomic E-state index is 0. The number of nitrogens with one attached hydrogen (secondary N) is 2. The fourth-order valence-corrected chi connectivity index (χ4v) is 2.95. The van der Waals surface area contributed by atoms with Crippen LogP contribution in [0.3, 0.4) is 0 Å². The maximum Gasteiger partial charge on any atom is 0.194 e. The van der Waals surface area contributed by atoms with Crippen molar-refractivity contribution in [3.8, 4) is 11.5 Å². The first-order chi connectivity index (χ1) is 11.7. The van der Waals surface area contributed by atoms with E-state index < -0.39 is 0 Å². The Morgan fingerprint density at radius 2 is 2.00 bits per heavy atom. The number of hydrogen-bond donors (Lipinski definition) is 2. The number of aromatic amines is 1. The predicted molar refractivity (Wildman–Crippen MR) is 108 cm³/mol. The van der Waals surface area contributed by atoms with Gasteiger partial charge in [0.05, 0.1) is 26.5 Å². The number of halogens is 1. The first kappa shape index (κ1) is 19.4. The minimum atomic E-state index is 0. The Labute approximate surface area is 164 Å². The van der Waals surface area contributed by atoms with E-state index in [-0.39, 0.29) is 24.0 Å². The molecule has 1 aliphatic rings. The lowest BCUT2D eigenvalue weighted by molar-refractivity contribution is 0.346. The molecular formula is C17H24IN5O2. The number of guanidine groups is 1. The number of ether oxygens (including phenoxy) is 2. The summed E-state index contributed by atoms with van der Waals surface area (Å²) in [4.78, 5) is 6.64. The van der Waals surface area contributed by atoms with Crippen LogP contribution < -0.4 is 14.8 Å². The number of benzene rings is 1. The van der Waals surface area contributed by atoms with E-state index >= 15 is 0 Å². The average Bonchev–Trinajstić information content (AvgIpc) is 3.14. The van der Waals surface area contributed by atoms with Crippen LogP contribution in [0.1, 0.15) is 16.8 Å². The van der Waals surface area contributed by atoms with Gasteiger partial charge in [-0.3, -0.25) is 10.1 Å². The molecule has 136 valence electrons. The molecule has 1 aromatic heterocycles. The maximum atomic E-state index is 5.42. The molecule has 1 aliphatic heterocycles. The van der Waals surface area contributed by atoms with Crippen LogP contribution in [0.25, 0.3) is 0 Å². The second-order valence-corrected chi connectivity index (χ2v) is 5.63. The second kappa shape index (κ2) is 8.93. The van der Waals surface area contributed by atoms with E-state index in [0.29, 0.717) is 6.54 Å². The van der Waals surface area contributed by atoms with E-state index in [1.807, 2.05) is 6.07 Å². The lowest BCUT2D eigenvalue weighted by atomic mass is 9.99. The van der Waals surface area contributed by atoms with E-state index in [0.717, 1.165) is 42.7 Å². The van der Waals surface area contributed by atoms with Crippen molar-refractivity contribution < 1.29 is 9.47 Å². The highest BCUT2D eigenvalue weighted by Gasteiger charge is 2.21. The van der Waals surface area contributed by atoms with Crippen molar-refractivity contribution >= 4 is 29.9 Å². The van der Waals surface area contributed by atoms with E-state index in [4.69, 9.17) is 9.47 Å². The molecule has 0 fully saturated rings. The van der Waals surface area contributed by atoms with Gasteiger partial charge >= 0.3 is 0 Å². The van der Waals surface area contributed by atoms with Gasteiger partial charge in [0.15, 0.2) is 17.5 Å². The van der Waals surface area contributed by atoms with Crippen LogP contribution in [0.5, 0.6) is 11.5 Å². The van der Waals surface area contributed by atoms with Crippen LogP contribution in [0.15, 0.2) is 29.4 Å². The lowest BCUT2D eigenvalue weighted by Crippen LogP contribution is -2.43. The number of H-pyrrole nitrogens is 1. The number of nitrogens with zero attached hydrogens (tertiary/aromatic N) is 3. The molecule has 0 unspecified atom stereocenters. The van der Waals surface area contributed by atoms with Gasteiger partial charge in [-0.05, 0) is 35.7 Å². The highest BCUT2D eigenvalue weighted by molar-refractivity contribution is 14.0. The third kappa shape index (κ3) is 4.36. The first-order valence-corrected chi connectivity index (χ1v) is 7.92. The summed E-state index contributed by atoms with van der Waals surface area (Å²) in [6.45, 7) is 2.37. The average molecular weight is 457 g/mol. The van der Waals surface area contributed by atoms with E-state index in [1.165, 1.54) is 11.1 Å². The smallest absolute Gasteiger partial charge is 0.194 e. The topological polar surface area (TPSA) is 74.8 Å². The Balaban J connectivity index is 0.00000225. The molecule has 2 aromatic rings. The standard InChI is InChI=1S/C17H23N5O2.HI/c1-18-17(19-10-14-4-6-20-21-14)22-7-5-12-8-15(23-2)16(24-3)9-13(12)11-22;/h4,6,8-9H,5,7,10-11H2,1-3H3,(H,18,19)(H,20,21);1H. The fourth-order valence-electron chi connectivity index (χ4n) is 2.95. The molecular weight excluding hydrogens is 433 g/mol. The van der Waals surface area contributed by atoms with Crippen LogP contribution in [-0.2, 0) is 19.5 Å². The van der Waals surface area contributed by atoms with Gasteiger partial charge in [0.1, 0.15) is 0 Å². The predicted octanol–water partition coefficient (Wildman–Crippen LogP) is 2.18. The molecule has 25 heavy (non-hydrogen) atoms. The van der Waals surface area contributed by atoms with E-state index in [1.54, 1.807) is 27.5 Å². The number of rotatable bonds is 4. The quantitative estimate of drug-likeness (QED) is 0.419. The molecule has 0 spiro atoms. The number of methoxy groups -OCH3 is 2. The minimum Gasteiger partial charge on any atom is -0.493 e. The summed E-state index contributed by atoms with van der Waals surface area (Å²) >= 11 is 0. The van der Waals surface area contributed by atoms with Crippen LogP contribution in [0, 0.1) is 0 Å². The monoisotopic (exact) mass is 457 g/mol. The number of aromatic nitrogens is 2. The second-order valence-electron chi connectivity index (χ2n) is 5.63. The van der Waals surface area contributed by atoms with Crippen molar-refractivity contribution in [2.75, 3.05) is 27.8 Å². The Bertz CT molecular complexity index is 718. The molecule has 0 saturated carbocycles. The summed E-state index contributed by atoms with van der Waals surface area (Å²) in [7, 11) is 5.13. The maximum absolute atomic E-state index is 5.42. The van der Waals surface area contributed by atoms with Gasteiger partial charge in [-0.2, -0.15) is 5.10 Å². The number of fused-ring (bicyclic) bond motifs is 1. The normalized spacial score (nSPS) is 13.7. The Hall–Kier alpha value is -1.97. The fraction of sp³-hybridized carbons (Fsp3) is 0.412. The number of aliphatic imine (C=N–C) groups is 1. The molecule has 1 aromatic carbocycles. The highest BCUT2D eigenvalue weighted by Crippen LogP contribution is 2.33. The molecule has 7 nitrogen and oxygen atoms in total. The lowest BCUT2D eigenvalue weighted by Gasteiger charge is -2.32. The molecule has 0 atom stereocenters. The summed E-state index contributed by atoms with van der Waals surface area (Å²) in [6.07, 6.45) is 2.69. The zero-order valence-corrected chi connectivity index (χ0v) is 17.0. The number of hydrogen-bond acceptors (Lipinski definition) is 4. The molecule has 0 aliphatic carbocycles. The molecule has 2 heterocycles. The Morgan fingerprint density at radius 1 is 1.28 bits per heavy atom. The van der Waals surface area contributed by atoms with Gasteiger partial charge < -0.3 is 19.7 Å². The van der Waals surface area contributed by atoms with Gasteiger partial charge in [-0.15, -0.1) is 24.0 Å². The molecule has 0 saturated heterocycles. The summed E-state index contributed by atoms with van der Waals surface area (Å²) in [6, 6.07) is 6.08. The third-order valence-corrected chi connectivity index (χ3v) is 4.22. The Kier molecular flexibility index (Phi) is 6.91. The van der Waals surface area contributed by atoms with E-state index in [9.17, 15) is 0 Å². The molecule has 0 radical (unpaired) electrons. The van der Waals surface area contributed by atoms with Gasteiger partial charge in [-0.1, -0.05) is 0 Å². The largest absolute Gasteiger partial charge is 0.493 e. The van der Waals surface area contributed by atoms with Gasteiger partial charge in [0, 0.05) is 26.3 Å². The molecule has 0 bridgehead atoms. The molecule has 0 amide bonds. The summed E-state index contributed by atoms with van der Waals surface area (Å²) in [5, 5.41) is 10.3. The molecule has 3 rings (SSSR count). The summed E-state index contributed by atoms with van der Waals surface area (Å²) in [5.74, 6) is 2.43. The van der Waals surface area contributed by atoms with Crippen LogP contribution in [0.2, 0.25) is 0 Å². The zero-order valence-electron chi connectivity index (χ0n) is 14.7. The highest BCUT2D eigenvalue weighted by atomic mass is 127. The van der Waals surface area contributed by atoms with Crippen molar-refractivity contribution in [2.45, 2.75) is 19.5 Å². The van der Waals surface area contributed by atoms with E-state index in [2.05, 4.69) is 37.5 Å². The molecule has 8 heteroatoms. The molecule has 2 N–H and O–H groups in total. The Morgan fingerprint density at radius 3 is 2.60 bits per heavy atom. The van der Waals surface area contributed by atoms with Crippen LogP contribution in [0.4, 0.5) is 0 Å². The third-order valence-electron chi connectivity index (χ3n) is 4.22.